The van der Waals surface area contributed by atoms with Crippen molar-refractivity contribution in [3.8, 4) is 5.75 Å². The van der Waals surface area contributed by atoms with Gasteiger partial charge in [0.2, 0.25) is 0 Å². The van der Waals surface area contributed by atoms with E-state index in [9.17, 15) is 14.4 Å². The lowest BCUT2D eigenvalue weighted by Gasteiger charge is -2.42. The Balaban J connectivity index is 1.83. The molecule has 0 spiro atoms. The number of halogens is 2. The van der Waals surface area contributed by atoms with Gasteiger partial charge in [-0.3, -0.25) is 0 Å². The van der Waals surface area contributed by atoms with Crippen LogP contribution in [0.1, 0.15) is 65.2 Å². The Morgan fingerprint density at radius 3 is 2.32 bits per heavy atom. The SMILES string of the molecule is CCOC(=O)C=Cc1cc(CN(CC2CN(C(=O)OC(C)(C)C)C2)C(=O)OC(C)(C)C)cc(OCc2ccc(Cl)cc2Br)c1. The van der Waals surface area contributed by atoms with Crippen molar-refractivity contribution in [2.45, 2.75) is 72.8 Å². The van der Waals surface area contributed by atoms with Crippen molar-refractivity contribution < 1.29 is 33.3 Å². The minimum Gasteiger partial charge on any atom is -0.489 e. The van der Waals surface area contributed by atoms with Gasteiger partial charge in [0.15, 0.2) is 0 Å². The molecule has 0 saturated carbocycles. The molecule has 2 amide bonds. The molecule has 1 fully saturated rings. The summed E-state index contributed by atoms with van der Waals surface area (Å²) in [6.07, 6.45) is 2.17. The number of ether oxygens (including phenoxy) is 4. The quantitative estimate of drug-likeness (QED) is 0.142. The number of likely N-dealkylation sites (tertiary alicyclic amines) is 1. The number of benzene rings is 2. The van der Waals surface area contributed by atoms with Gasteiger partial charge in [-0.25, -0.2) is 14.4 Å². The van der Waals surface area contributed by atoms with Gasteiger partial charge in [0.05, 0.1) is 6.61 Å². The van der Waals surface area contributed by atoms with E-state index in [0.717, 1.165) is 15.6 Å². The normalized spacial score (nSPS) is 13.8. The predicted octanol–water partition coefficient (Wildman–Crippen LogP) is 7.86. The van der Waals surface area contributed by atoms with Crippen LogP contribution in [-0.4, -0.2) is 65.4 Å². The fourth-order valence-corrected chi connectivity index (χ4v) is 5.13. The topological polar surface area (TPSA) is 94.6 Å². The van der Waals surface area contributed by atoms with Crippen LogP contribution in [-0.2, 0) is 32.2 Å². The van der Waals surface area contributed by atoms with E-state index in [1.165, 1.54) is 6.08 Å². The van der Waals surface area contributed by atoms with Crippen LogP contribution in [0, 0.1) is 5.92 Å². The van der Waals surface area contributed by atoms with Crippen molar-refractivity contribution in [3.63, 3.8) is 0 Å². The van der Waals surface area contributed by atoms with Crippen LogP contribution in [0.25, 0.3) is 6.08 Å². The van der Waals surface area contributed by atoms with E-state index in [0.29, 0.717) is 36.0 Å². The number of carbonyl (C=O) groups is 3. The van der Waals surface area contributed by atoms with Crippen molar-refractivity contribution in [1.29, 1.82) is 0 Å². The van der Waals surface area contributed by atoms with Crippen LogP contribution in [0.4, 0.5) is 9.59 Å². The Kier molecular flexibility index (Phi) is 12.1. The van der Waals surface area contributed by atoms with E-state index in [1.807, 2.05) is 65.8 Å². The molecule has 0 N–H and O–H groups in total. The van der Waals surface area contributed by atoms with Gasteiger partial charge >= 0.3 is 18.2 Å². The van der Waals surface area contributed by atoms with Crippen molar-refractivity contribution in [2.75, 3.05) is 26.2 Å². The lowest BCUT2D eigenvalue weighted by molar-refractivity contribution is -0.137. The fourth-order valence-electron chi connectivity index (χ4n) is 4.33. The molecular weight excluding hydrogens is 652 g/mol. The summed E-state index contributed by atoms with van der Waals surface area (Å²) in [5, 5.41) is 0.608. The maximum atomic E-state index is 13.4. The van der Waals surface area contributed by atoms with E-state index >= 15 is 0 Å². The second-order valence-electron chi connectivity index (χ2n) is 12.6. The van der Waals surface area contributed by atoms with Crippen LogP contribution in [0.5, 0.6) is 5.75 Å². The van der Waals surface area contributed by atoms with Gasteiger partial charge < -0.3 is 28.7 Å². The van der Waals surface area contributed by atoms with Gasteiger partial charge in [-0.15, -0.1) is 0 Å². The van der Waals surface area contributed by atoms with E-state index in [-0.39, 0.29) is 31.8 Å². The highest BCUT2D eigenvalue weighted by Crippen LogP contribution is 2.27. The van der Waals surface area contributed by atoms with Gasteiger partial charge in [-0.1, -0.05) is 33.6 Å². The first-order valence-electron chi connectivity index (χ1n) is 14.5. The summed E-state index contributed by atoms with van der Waals surface area (Å²) in [7, 11) is 0. The molecule has 0 unspecified atom stereocenters. The van der Waals surface area contributed by atoms with E-state index in [2.05, 4.69) is 15.9 Å². The molecule has 11 heteroatoms. The molecule has 2 aromatic rings. The Bertz CT molecular complexity index is 1360. The zero-order chi connectivity index (χ0) is 32.7. The first kappa shape index (κ1) is 35.2. The molecular formula is C33H42BrClN2O7. The predicted molar refractivity (Wildman–Crippen MR) is 174 cm³/mol. The van der Waals surface area contributed by atoms with Crippen molar-refractivity contribution in [3.05, 3.63) is 68.7 Å². The molecule has 1 heterocycles. The van der Waals surface area contributed by atoms with Gasteiger partial charge in [0.1, 0.15) is 23.6 Å². The van der Waals surface area contributed by atoms with Gasteiger partial charge in [-0.2, -0.15) is 0 Å². The van der Waals surface area contributed by atoms with Crippen molar-refractivity contribution in [2.24, 2.45) is 5.92 Å². The van der Waals surface area contributed by atoms with Crippen molar-refractivity contribution >= 4 is 51.8 Å². The zero-order valence-corrected chi connectivity index (χ0v) is 28.8. The lowest BCUT2D eigenvalue weighted by Crippen LogP contribution is -2.55. The molecule has 9 nitrogen and oxygen atoms in total. The van der Waals surface area contributed by atoms with Crippen LogP contribution >= 0.6 is 27.5 Å². The first-order chi connectivity index (χ1) is 20.5. The van der Waals surface area contributed by atoms with Crippen LogP contribution in [0.15, 0.2) is 46.9 Å². The molecule has 1 aliphatic heterocycles. The molecule has 0 radical (unpaired) electrons. The van der Waals surface area contributed by atoms with Gasteiger partial charge in [0.25, 0.3) is 0 Å². The molecule has 2 aromatic carbocycles. The standard InChI is InChI=1S/C33H42BrClN2O7/c1-8-41-29(38)12-9-22-13-23(15-27(14-22)42-21-25-10-11-26(35)16-28(25)34)17-36(30(39)43-32(2,3)4)18-24-19-37(20-24)31(40)44-33(5,6)7/h9-16,24H,8,17-21H2,1-7H3. The maximum Gasteiger partial charge on any atom is 0.410 e. The number of hydrogen-bond donors (Lipinski definition) is 0. The Morgan fingerprint density at radius 2 is 1.70 bits per heavy atom. The smallest absolute Gasteiger partial charge is 0.410 e. The number of hydrogen-bond acceptors (Lipinski definition) is 7. The Morgan fingerprint density at radius 1 is 1.02 bits per heavy atom. The monoisotopic (exact) mass is 692 g/mol. The zero-order valence-electron chi connectivity index (χ0n) is 26.4. The van der Waals surface area contributed by atoms with Gasteiger partial charge in [-0.05, 0) is 96.0 Å². The summed E-state index contributed by atoms with van der Waals surface area (Å²) in [4.78, 5) is 41.1. The number of nitrogens with zero attached hydrogens (tertiary/aromatic N) is 2. The average molecular weight is 694 g/mol. The van der Waals surface area contributed by atoms with E-state index in [4.69, 9.17) is 30.5 Å². The molecule has 1 saturated heterocycles. The largest absolute Gasteiger partial charge is 0.489 e. The molecule has 0 atom stereocenters. The molecule has 0 aromatic heterocycles. The third-order valence-electron chi connectivity index (χ3n) is 6.21. The fraction of sp³-hybridized carbons (Fsp3) is 0.485. The molecule has 240 valence electrons. The summed E-state index contributed by atoms with van der Waals surface area (Å²) in [5.74, 6) is 0.150. The highest BCUT2D eigenvalue weighted by Gasteiger charge is 2.36. The van der Waals surface area contributed by atoms with E-state index in [1.54, 1.807) is 34.9 Å². The summed E-state index contributed by atoms with van der Waals surface area (Å²) in [6, 6.07) is 11.0. The summed E-state index contributed by atoms with van der Waals surface area (Å²) in [6.45, 7) is 14.8. The number of amides is 2. The summed E-state index contributed by atoms with van der Waals surface area (Å²) in [5.41, 5.74) is 1.10. The second kappa shape index (κ2) is 15.2. The molecule has 0 bridgehead atoms. The summed E-state index contributed by atoms with van der Waals surface area (Å²) >= 11 is 9.61. The molecule has 0 aliphatic carbocycles. The minimum atomic E-state index is -0.693. The van der Waals surface area contributed by atoms with Crippen LogP contribution < -0.4 is 4.74 Å². The van der Waals surface area contributed by atoms with Crippen LogP contribution in [0.2, 0.25) is 5.02 Å². The highest BCUT2D eigenvalue weighted by molar-refractivity contribution is 9.10. The van der Waals surface area contributed by atoms with Crippen LogP contribution in [0.3, 0.4) is 0 Å². The lowest BCUT2D eigenvalue weighted by atomic mass is 9.99. The summed E-state index contributed by atoms with van der Waals surface area (Å²) < 4.78 is 23.2. The van der Waals surface area contributed by atoms with E-state index < -0.39 is 23.3 Å². The molecule has 44 heavy (non-hydrogen) atoms. The second-order valence-corrected chi connectivity index (χ2v) is 13.9. The number of esters is 1. The highest BCUT2D eigenvalue weighted by atomic mass is 79.9. The van der Waals surface area contributed by atoms with Crippen molar-refractivity contribution in [1.82, 2.24) is 9.80 Å². The number of rotatable bonds is 10. The minimum absolute atomic E-state index is 0.0555. The third kappa shape index (κ3) is 11.7. The molecule has 3 rings (SSSR count). The Hall–Kier alpha value is -3.24. The maximum absolute atomic E-state index is 13.4. The average Bonchev–Trinajstić information content (AvgIpc) is 2.86. The van der Waals surface area contributed by atoms with Gasteiger partial charge in [0, 0.05) is 53.2 Å². The Labute approximate surface area is 273 Å². The number of carbonyl (C=O) groups excluding carboxylic acids is 3. The molecule has 1 aliphatic rings. The first-order valence-corrected chi connectivity index (χ1v) is 15.7. The third-order valence-corrected chi connectivity index (χ3v) is 7.18.